The van der Waals surface area contributed by atoms with Crippen LogP contribution in [-0.2, 0) is 0 Å². The van der Waals surface area contributed by atoms with E-state index in [0.717, 1.165) is 11.1 Å². The van der Waals surface area contributed by atoms with Gasteiger partial charge >= 0.3 is 0 Å². The number of aryl methyl sites for hydroxylation is 1. The second kappa shape index (κ2) is 9.62. The summed E-state index contributed by atoms with van der Waals surface area (Å²) >= 11 is 0. The van der Waals surface area contributed by atoms with Crippen LogP contribution >= 0.6 is 0 Å². The third-order valence-corrected chi connectivity index (χ3v) is 5.49. The van der Waals surface area contributed by atoms with Gasteiger partial charge in [-0.15, -0.1) is 0 Å². The lowest BCUT2D eigenvalue weighted by atomic mass is 10.0. The summed E-state index contributed by atoms with van der Waals surface area (Å²) in [5.41, 5.74) is 6.96. The lowest BCUT2D eigenvalue weighted by molar-refractivity contribution is 0.0956. The van der Waals surface area contributed by atoms with Crippen LogP contribution in [0.2, 0.25) is 0 Å². The van der Waals surface area contributed by atoms with Crippen molar-refractivity contribution in [2.45, 2.75) is 20.3 Å². The molecule has 7 nitrogen and oxygen atoms in total. The number of aromatic nitrogens is 1. The van der Waals surface area contributed by atoms with Gasteiger partial charge in [-0.05, 0) is 61.9 Å². The number of phenols is 2. The minimum absolute atomic E-state index is 0.00110. The molecule has 4 aromatic rings. The molecule has 0 atom stereocenters. The monoisotopic (exact) mass is 455 g/mol. The summed E-state index contributed by atoms with van der Waals surface area (Å²) in [5.74, 6) is 0.252. The van der Waals surface area contributed by atoms with E-state index in [1.54, 1.807) is 13.2 Å². The summed E-state index contributed by atoms with van der Waals surface area (Å²) in [5, 5.41) is 24.9. The van der Waals surface area contributed by atoms with Crippen molar-refractivity contribution in [2.24, 2.45) is 5.10 Å². The lowest BCUT2D eigenvalue weighted by Gasteiger charge is -2.12. The molecule has 0 aliphatic heterocycles. The minimum Gasteiger partial charge on any atom is -0.508 e. The fraction of sp³-hybridized carbons (Fsp3) is 0.148. The van der Waals surface area contributed by atoms with Crippen molar-refractivity contribution in [1.29, 1.82) is 0 Å². The highest BCUT2D eigenvalue weighted by atomic mass is 16.5. The Hall–Kier alpha value is -4.39. The Morgan fingerprint density at radius 3 is 2.62 bits per heavy atom. The Balaban J connectivity index is 1.77. The smallest absolute Gasteiger partial charge is 0.272 e. The number of methoxy groups -OCH3 is 1. The first-order chi connectivity index (χ1) is 16.4. The number of carbonyl (C=O) groups is 1. The average Bonchev–Trinajstić information content (AvgIpc) is 2.85. The van der Waals surface area contributed by atoms with Crippen molar-refractivity contribution in [1.82, 2.24) is 10.4 Å². The van der Waals surface area contributed by atoms with E-state index in [2.05, 4.69) is 10.5 Å². The number of amides is 1. The van der Waals surface area contributed by atoms with Crippen molar-refractivity contribution in [2.75, 3.05) is 7.11 Å². The molecule has 0 fully saturated rings. The van der Waals surface area contributed by atoms with Gasteiger partial charge in [0.05, 0.1) is 29.6 Å². The molecule has 7 heteroatoms. The maximum atomic E-state index is 13.3. The molecule has 0 spiro atoms. The molecule has 0 aliphatic carbocycles. The average molecular weight is 456 g/mol. The number of ether oxygens (including phenoxy) is 1. The first-order valence-electron chi connectivity index (χ1n) is 10.8. The van der Waals surface area contributed by atoms with Gasteiger partial charge in [-0.2, -0.15) is 5.10 Å². The summed E-state index contributed by atoms with van der Waals surface area (Å²) in [6.07, 6.45) is 0.433. The van der Waals surface area contributed by atoms with E-state index in [9.17, 15) is 15.0 Å². The van der Waals surface area contributed by atoms with Crippen molar-refractivity contribution in [3.63, 3.8) is 0 Å². The second-order valence-electron chi connectivity index (χ2n) is 7.86. The van der Waals surface area contributed by atoms with Crippen LogP contribution in [0.15, 0.2) is 71.8 Å². The molecule has 1 aromatic heterocycles. The third-order valence-electron chi connectivity index (χ3n) is 5.49. The van der Waals surface area contributed by atoms with E-state index in [4.69, 9.17) is 9.72 Å². The quantitative estimate of drug-likeness (QED) is 0.211. The Bertz CT molecular complexity index is 1410. The molecule has 0 radical (unpaired) electrons. The molecule has 1 amide bonds. The predicted octanol–water partition coefficient (Wildman–Crippen LogP) is 5.17. The number of pyridine rings is 1. The van der Waals surface area contributed by atoms with Gasteiger partial charge in [0.2, 0.25) is 0 Å². The van der Waals surface area contributed by atoms with Gasteiger partial charge in [0.1, 0.15) is 17.2 Å². The SMILES string of the molecule is CCC(=NNC(=O)c1cc(-c2cccc(OC)c2)nc2ccc(C)cc12)c1cc(O)ccc1O. The standard InChI is InChI=1S/C27H25N3O4/c1-4-23(22-14-18(31)9-11-26(22)32)29-30-27(33)21-15-25(17-6-5-7-19(13-17)34-3)28-24-10-8-16(2)12-20(21)24/h5-15,31-32H,4H2,1-3H3,(H,30,33). The summed E-state index contributed by atoms with van der Waals surface area (Å²) < 4.78 is 5.33. The van der Waals surface area contributed by atoms with Gasteiger partial charge < -0.3 is 14.9 Å². The largest absolute Gasteiger partial charge is 0.508 e. The predicted molar refractivity (Wildman–Crippen MR) is 133 cm³/mol. The first kappa shape index (κ1) is 22.8. The maximum absolute atomic E-state index is 13.3. The Morgan fingerprint density at radius 2 is 1.85 bits per heavy atom. The molecule has 4 rings (SSSR count). The van der Waals surface area contributed by atoms with Gasteiger partial charge in [-0.25, -0.2) is 10.4 Å². The number of hydrogen-bond acceptors (Lipinski definition) is 6. The van der Waals surface area contributed by atoms with Crippen molar-refractivity contribution >= 4 is 22.5 Å². The highest BCUT2D eigenvalue weighted by molar-refractivity contribution is 6.09. The zero-order valence-electron chi connectivity index (χ0n) is 19.2. The minimum atomic E-state index is -0.410. The van der Waals surface area contributed by atoms with Gasteiger partial charge in [0.15, 0.2) is 0 Å². The number of hydrogen-bond donors (Lipinski definition) is 3. The molecular weight excluding hydrogens is 430 g/mol. The van der Waals surface area contributed by atoms with Crippen molar-refractivity contribution < 1.29 is 19.7 Å². The number of carbonyl (C=O) groups excluding carboxylic acids is 1. The van der Waals surface area contributed by atoms with Gasteiger partial charge in [0, 0.05) is 16.5 Å². The number of aromatic hydroxyl groups is 2. The zero-order chi connectivity index (χ0) is 24.2. The molecule has 0 unspecified atom stereocenters. The van der Waals surface area contributed by atoms with E-state index in [-0.39, 0.29) is 11.5 Å². The number of phenolic OH excluding ortho intramolecular Hbond substituents is 2. The molecule has 3 aromatic carbocycles. The Kier molecular flexibility index (Phi) is 6.45. The molecular formula is C27H25N3O4. The van der Waals surface area contributed by atoms with E-state index in [0.29, 0.717) is 45.6 Å². The molecule has 1 heterocycles. The van der Waals surface area contributed by atoms with E-state index in [1.165, 1.54) is 18.2 Å². The number of rotatable bonds is 6. The van der Waals surface area contributed by atoms with E-state index < -0.39 is 5.91 Å². The summed E-state index contributed by atoms with van der Waals surface area (Å²) in [6.45, 7) is 3.80. The lowest BCUT2D eigenvalue weighted by Crippen LogP contribution is -2.20. The fourth-order valence-corrected chi connectivity index (χ4v) is 3.72. The van der Waals surface area contributed by atoms with Crippen LogP contribution < -0.4 is 10.2 Å². The van der Waals surface area contributed by atoms with Crippen molar-refractivity contribution in [3.8, 4) is 28.5 Å². The number of nitrogens with zero attached hydrogens (tertiary/aromatic N) is 2. The van der Waals surface area contributed by atoms with Crippen LogP contribution in [0.1, 0.15) is 34.8 Å². The molecule has 172 valence electrons. The van der Waals surface area contributed by atoms with Crippen LogP contribution in [0, 0.1) is 6.92 Å². The molecule has 3 N–H and O–H groups in total. The molecule has 0 saturated heterocycles. The highest BCUT2D eigenvalue weighted by Gasteiger charge is 2.16. The zero-order valence-corrected chi connectivity index (χ0v) is 19.2. The molecule has 0 saturated carbocycles. The molecule has 0 bridgehead atoms. The molecule has 0 aliphatic rings. The Labute approximate surface area is 197 Å². The topological polar surface area (TPSA) is 104 Å². The number of nitrogens with one attached hydrogen (secondary N) is 1. The molecule has 34 heavy (non-hydrogen) atoms. The van der Waals surface area contributed by atoms with E-state index in [1.807, 2.05) is 56.3 Å². The van der Waals surface area contributed by atoms with Gasteiger partial charge in [-0.3, -0.25) is 4.79 Å². The van der Waals surface area contributed by atoms with Crippen LogP contribution in [-0.4, -0.2) is 33.9 Å². The summed E-state index contributed by atoms with van der Waals surface area (Å²) in [4.78, 5) is 18.1. The Morgan fingerprint density at radius 1 is 1.03 bits per heavy atom. The van der Waals surface area contributed by atoms with E-state index >= 15 is 0 Å². The number of benzene rings is 3. The summed E-state index contributed by atoms with van der Waals surface area (Å²) in [6, 6.07) is 19.2. The third kappa shape index (κ3) is 4.68. The maximum Gasteiger partial charge on any atom is 0.272 e. The van der Waals surface area contributed by atoms with Gasteiger partial charge in [-0.1, -0.05) is 30.7 Å². The second-order valence-corrected chi connectivity index (χ2v) is 7.86. The highest BCUT2D eigenvalue weighted by Crippen LogP contribution is 2.28. The fourth-order valence-electron chi connectivity index (χ4n) is 3.72. The summed E-state index contributed by atoms with van der Waals surface area (Å²) in [7, 11) is 1.60. The normalized spacial score (nSPS) is 11.4. The van der Waals surface area contributed by atoms with Gasteiger partial charge in [0.25, 0.3) is 5.91 Å². The first-order valence-corrected chi connectivity index (χ1v) is 10.8. The van der Waals surface area contributed by atoms with Crippen LogP contribution in [0.25, 0.3) is 22.2 Å². The van der Waals surface area contributed by atoms with Crippen LogP contribution in [0.5, 0.6) is 17.2 Å². The number of fused-ring (bicyclic) bond motifs is 1. The van der Waals surface area contributed by atoms with Crippen molar-refractivity contribution in [3.05, 3.63) is 83.4 Å². The van der Waals surface area contributed by atoms with Crippen LogP contribution in [0.3, 0.4) is 0 Å². The van der Waals surface area contributed by atoms with Crippen LogP contribution in [0.4, 0.5) is 0 Å². The number of hydrazone groups is 1.